The molecule has 14 heavy (non-hydrogen) atoms. The molecule has 1 saturated heterocycles. The first-order chi connectivity index (χ1) is 6.84. The van der Waals surface area contributed by atoms with Crippen LogP contribution in [-0.2, 0) is 0 Å². The van der Waals surface area contributed by atoms with Crippen molar-refractivity contribution in [3.05, 3.63) is 0 Å². The molecule has 1 aliphatic rings. The van der Waals surface area contributed by atoms with Gasteiger partial charge in [-0.15, -0.1) is 0 Å². The highest BCUT2D eigenvalue weighted by Gasteiger charge is 2.17. The fourth-order valence-corrected chi connectivity index (χ4v) is 2.13. The van der Waals surface area contributed by atoms with E-state index in [4.69, 9.17) is 5.73 Å². The fraction of sp³-hybridized carbons (Fsp3) is 1.00. The second-order valence-electron chi connectivity index (χ2n) is 4.31. The Morgan fingerprint density at radius 2 is 2.21 bits per heavy atom. The van der Waals surface area contributed by atoms with Crippen LogP contribution in [0.3, 0.4) is 0 Å². The van der Waals surface area contributed by atoms with E-state index in [2.05, 4.69) is 17.3 Å². The van der Waals surface area contributed by atoms with Crippen molar-refractivity contribution in [1.29, 1.82) is 0 Å². The van der Waals surface area contributed by atoms with E-state index in [0.29, 0.717) is 0 Å². The van der Waals surface area contributed by atoms with Gasteiger partial charge in [0.2, 0.25) is 0 Å². The van der Waals surface area contributed by atoms with Crippen LogP contribution in [0.1, 0.15) is 32.1 Å². The summed E-state index contributed by atoms with van der Waals surface area (Å²) in [4.78, 5) is 2.51. The maximum Gasteiger partial charge on any atom is 0.0104 e. The van der Waals surface area contributed by atoms with E-state index in [9.17, 15) is 0 Å². The first-order valence-electron chi connectivity index (χ1n) is 5.95. The number of piperidine rings is 1. The molecule has 0 aromatic rings. The van der Waals surface area contributed by atoms with Gasteiger partial charge in [0.05, 0.1) is 0 Å². The molecule has 1 atom stereocenters. The molecular formula is C11H25N3. The van der Waals surface area contributed by atoms with E-state index in [0.717, 1.165) is 32.1 Å². The standard InChI is InChI=1S/C11H25N3/c1-14-10-3-2-5-11(14)6-9-13-8-4-7-12/h11,13H,2-10,12H2,1H3. The number of rotatable bonds is 6. The van der Waals surface area contributed by atoms with Crippen molar-refractivity contribution in [1.82, 2.24) is 10.2 Å². The van der Waals surface area contributed by atoms with Crippen LogP contribution in [0.5, 0.6) is 0 Å². The van der Waals surface area contributed by atoms with Gasteiger partial charge >= 0.3 is 0 Å². The van der Waals surface area contributed by atoms with Crippen LogP contribution >= 0.6 is 0 Å². The molecule has 1 unspecified atom stereocenters. The summed E-state index contributed by atoms with van der Waals surface area (Å²) in [6.45, 7) is 4.31. The first kappa shape index (κ1) is 12.0. The summed E-state index contributed by atoms with van der Waals surface area (Å²) < 4.78 is 0. The van der Waals surface area contributed by atoms with Gasteiger partial charge in [0.1, 0.15) is 0 Å². The van der Waals surface area contributed by atoms with Gasteiger partial charge in [-0.1, -0.05) is 6.42 Å². The van der Waals surface area contributed by atoms with E-state index in [1.165, 1.54) is 32.2 Å². The van der Waals surface area contributed by atoms with Gasteiger partial charge < -0.3 is 16.0 Å². The van der Waals surface area contributed by atoms with Crippen molar-refractivity contribution in [2.75, 3.05) is 33.2 Å². The van der Waals surface area contributed by atoms with Crippen LogP contribution in [0.25, 0.3) is 0 Å². The van der Waals surface area contributed by atoms with Crippen LogP contribution in [0.2, 0.25) is 0 Å². The summed E-state index contributed by atoms with van der Waals surface area (Å²) in [5, 5.41) is 3.45. The molecule has 0 spiro atoms. The van der Waals surface area contributed by atoms with Gasteiger partial charge in [0.15, 0.2) is 0 Å². The second kappa shape index (κ2) is 7.21. The third kappa shape index (κ3) is 4.40. The van der Waals surface area contributed by atoms with Crippen LogP contribution < -0.4 is 11.1 Å². The third-order valence-corrected chi connectivity index (χ3v) is 3.13. The molecule has 1 fully saturated rings. The zero-order chi connectivity index (χ0) is 10.2. The molecule has 84 valence electrons. The van der Waals surface area contributed by atoms with Crippen LogP contribution in [0, 0.1) is 0 Å². The highest BCUT2D eigenvalue weighted by molar-refractivity contribution is 4.74. The summed E-state index contributed by atoms with van der Waals surface area (Å²) in [7, 11) is 2.25. The minimum atomic E-state index is 0.802. The molecule has 3 heteroatoms. The molecule has 0 saturated carbocycles. The Hall–Kier alpha value is -0.120. The number of likely N-dealkylation sites (tertiary alicyclic amines) is 1. The van der Waals surface area contributed by atoms with Crippen molar-refractivity contribution < 1.29 is 0 Å². The van der Waals surface area contributed by atoms with Crippen LogP contribution in [0.4, 0.5) is 0 Å². The van der Waals surface area contributed by atoms with Gasteiger partial charge in [-0.25, -0.2) is 0 Å². The Balaban J connectivity index is 1.99. The highest BCUT2D eigenvalue weighted by atomic mass is 15.1. The van der Waals surface area contributed by atoms with Gasteiger partial charge in [0, 0.05) is 6.04 Å². The maximum absolute atomic E-state index is 5.43. The van der Waals surface area contributed by atoms with E-state index >= 15 is 0 Å². The van der Waals surface area contributed by atoms with E-state index in [1.807, 2.05) is 0 Å². The molecule has 0 aromatic heterocycles. The Morgan fingerprint density at radius 3 is 2.93 bits per heavy atom. The molecule has 0 radical (unpaired) electrons. The van der Waals surface area contributed by atoms with Crippen molar-refractivity contribution in [2.24, 2.45) is 5.73 Å². The number of nitrogens with one attached hydrogen (secondary N) is 1. The SMILES string of the molecule is CN1CCCCC1CCNCCCN. The second-order valence-corrected chi connectivity index (χ2v) is 4.31. The minimum absolute atomic E-state index is 0.802. The molecule has 1 heterocycles. The summed E-state index contributed by atoms with van der Waals surface area (Å²) in [6, 6.07) is 0.814. The molecule has 3 nitrogen and oxygen atoms in total. The Kier molecular flexibility index (Phi) is 6.15. The predicted octanol–water partition coefficient (Wildman–Crippen LogP) is 0.799. The zero-order valence-corrected chi connectivity index (χ0v) is 9.47. The summed E-state index contributed by atoms with van der Waals surface area (Å²) >= 11 is 0. The van der Waals surface area contributed by atoms with E-state index in [1.54, 1.807) is 0 Å². The topological polar surface area (TPSA) is 41.3 Å². The monoisotopic (exact) mass is 199 g/mol. The maximum atomic E-state index is 5.43. The van der Waals surface area contributed by atoms with Crippen LogP contribution in [-0.4, -0.2) is 44.2 Å². The first-order valence-corrected chi connectivity index (χ1v) is 5.95. The number of nitrogens with zero attached hydrogens (tertiary/aromatic N) is 1. The lowest BCUT2D eigenvalue weighted by atomic mass is 10.0. The predicted molar refractivity (Wildman–Crippen MR) is 61.4 cm³/mol. The van der Waals surface area contributed by atoms with Gasteiger partial charge in [-0.3, -0.25) is 0 Å². The summed E-state index contributed by atoms with van der Waals surface area (Å²) in [6.07, 6.45) is 6.57. The lowest BCUT2D eigenvalue weighted by Gasteiger charge is -2.32. The van der Waals surface area contributed by atoms with E-state index < -0.39 is 0 Å². The Bertz CT molecular complexity index is 138. The van der Waals surface area contributed by atoms with E-state index in [-0.39, 0.29) is 0 Å². The Labute approximate surface area is 88.0 Å². The number of nitrogens with two attached hydrogens (primary N) is 1. The molecular weight excluding hydrogens is 174 g/mol. The zero-order valence-electron chi connectivity index (χ0n) is 9.47. The fourth-order valence-electron chi connectivity index (χ4n) is 2.13. The van der Waals surface area contributed by atoms with Gasteiger partial charge in [-0.2, -0.15) is 0 Å². The molecule has 1 rings (SSSR count). The lowest BCUT2D eigenvalue weighted by Crippen LogP contribution is -2.38. The average molecular weight is 199 g/mol. The molecule has 0 aliphatic carbocycles. The third-order valence-electron chi connectivity index (χ3n) is 3.13. The van der Waals surface area contributed by atoms with Crippen LogP contribution in [0.15, 0.2) is 0 Å². The van der Waals surface area contributed by atoms with Gasteiger partial charge in [0.25, 0.3) is 0 Å². The quantitative estimate of drug-likeness (QED) is 0.622. The number of hydrogen-bond acceptors (Lipinski definition) is 3. The molecule has 1 aliphatic heterocycles. The molecule has 0 bridgehead atoms. The molecule has 0 aromatic carbocycles. The van der Waals surface area contributed by atoms with Gasteiger partial charge in [-0.05, 0) is 58.9 Å². The van der Waals surface area contributed by atoms with Crippen molar-refractivity contribution in [3.63, 3.8) is 0 Å². The normalized spacial score (nSPS) is 24.0. The average Bonchev–Trinajstić information content (AvgIpc) is 2.20. The molecule has 0 amide bonds. The minimum Gasteiger partial charge on any atom is -0.330 e. The Morgan fingerprint density at radius 1 is 1.36 bits per heavy atom. The number of hydrogen-bond donors (Lipinski definition) is 2. The van der Waals surface area contributed by atoms with Crippen molar-refractivity contribution >= 4 is 0 Å². The lowest BCUT2D eigenvalue weighted by molar-refractivity contribution is 0.175. The summed E-state index contributed by atoms with van der Waals surface area (Å²) in [5.74, 6) is 0. The summed E-state index contributed by atoms with van der Waals surface area (Å²) in [5.41, 5.74) is 5.43. The highest BCUT2D eigenvalue weighted by Crippen LogP contribution is 2.16. The smallest absolute Gasteiger partial charge is 0.0104 e. The molecule has 3 N–H and O–H groups in total. The largest absolute Gasteiger partial charge is 0.330 e. The van der Waals surface area contributed by atoms with Crippen molar-refractivity contribution in [2.45, 2.75) is 38.1 Å². The van der Waals surface area contributed by atoms with Crippen molar-refractivity contribution in [3.8, 4) is 0 Å².